The van der Waals surface area contributed by atoms with Crippen molar-refractivity contribution in [1.29, 1.82) is 0 Å². The monoisotopic (exact) mass is 413 g/mol. The Kier molecular flexibility index (Phi) is 6.46. The summed E-state index contributed by atoms with van der Waals surface area (Å²) in [7, 11) is 0. The number of carbonyl (C=O) groups is 1. The van der Waals surface area contributed by atoms with Crippen LogP contribution < -0.4 is 10.6 Å². The number of aryl methyl sites for hydroxylation is 1. The van der Waals surface area contributed by atoms with Crippen LogP contribution in [0.5, 0.6) is 0 Å². The number of hydrogen-bond acceptors (Lipinski definition) is 9. The van der Waals surface area contributed by atoms with E-state index in [4.69, 9.17) is 4.74 Å². The summed E-state index contributed by atoms with van der Waals surface area (Å²) in [5.41, 5.74) is 1.82. The molecule has 0 amide bonds. The molecule has 1 unspecified atom stereocenters. The Morgan fingerprint density at radius 3 is 2.67 bits per heavy atom. The molecule has 10 nitrogen and oxygen atoms in total. The van der Waals surface area contributed by atoms with Crippen LogP contribution in [0.2, 0.25) is 0 Å². The van der Waals surface area contributed by atoms with Gasteiger partial charge in [-0.05, 0) is 40.7 Å². The Balaban J connectivity index is 1.71. The molecule has 0 spiro atoms. The van der Waals surface area contributed by atoms with Crippen LogP contribution in [0, 0.1) is 6.92 Å². The van der Waals surface area contributed by atoms with Crippen molar-refractivity contribution in [3.8, 4) is 0 Å². The second kappa shape index (κ2) is 9.04. The van der Waals surface area contributed by atoms with Crippen LogP contribution in [0.4, 0.5) is 17.6 Å². The number of hydrogen-bond donors (Lipinski definition) is 3. The number of nitrogens with one attached hydrogen (secondary N) is 2. The molecular weight excluding hydrogens is 386 g/mol. The molecule has 0 aliphatic rings. The van der Waals surface area contributed by atoms with E-state index in [0.29, 0.717) is 11.6 Å². The Hall–Kier alpha value is -3.27. The van der Waals surface area contributed by atoms with E-state index in [1.165, 1.54) is 0 Å². The fourth-order valence-electron chi connectivity index (χ4n) is 3.07. The molecule has 0 aliphatic heterocycles. The summed E-state index contributed by atoms with van der Waals surface area (Å²) in [4.78, 5) is 29.1. The molecule has 3 rings (SSSR count). The van der Waals surface area contributed by atoms with E-state index in [1.807, 2.05) is 13.0 Å². The summed E-state index contributed by atoms with van der Waals surface area (Å²) < 4.78 is 7.11. The van der Waals surface area contributed by atoms with Crippen LogP contribution in [0.15, 0.2) is 24.5 Å². The lowest BCUT2D eigenvalue weighted by Crippen LogP contribution is -2.32. The summed E-state index contributed by atoms with van der Waals surface area (Å²) >= 11 is 0. The molecule has 10 heteroatoms. The summed E-state index contributed by atoms with van der Waals surface area (Å²) in [5.74, 6) is 1.64. The molecule has 30 heavy (non-hydrogen) atoms. The number of esters is 1. The molecule has 0 radical (unpaired) electrons. The van der Waals surface area contributed by atoms with Crippen molar-refractivity contribution in [2.24, 2.45) is 0 Å². The molecule has 0 saturated heterocycles. The second-order valence-corrected chi connectivity index (χ2v) is 7.45. The van der Waals surface area contributed by atoms with Gasteiger partial charge in [-0.15, -0.1) is 0 Å². The highest BCUT2D eigenvalue weighted by Crippen LogP contribution is 2.23. The van der Waals surface area contributed by atoms with Crippen molar-refractivity contribution in [2.75, 3.05) is 17.2 Å². The number of aromatic nitrogens is 5. The third kappa shape index (κ3) is 5.01. The molecule has 1 atom stereocenters. The van der Waals surface area contributed by atoms with Gasteiger partial charge in [-0.2, -0.15) is 4.98 Å². The first-order valence-corrected chi connectivity index (χ1v) is 9.81. The highest BCUT2D eigenvalue weighted by Gasteiger charge is 2.18. The lowest BCUT2D eigenvalue weighted by atomic mass is 10.3. The maximum atomic E-state index is 11.7. The van der Waals surface area contributed by atoms with Gasteiger partial charge in [0, 0.05) is 18.3 Å². The average molecular weight is 413 g/mol. The van der Waals surface area contributed by atoms with Crippen molar-refractivity contribution in [3.05, 3.63) is 30.4 Å². The molecule has 0 bridgehead atoms. The van der Waals surface area contributed by atoms with Crippen molar-refractivity contribution < 1.29 is 14.6 Å². The molecule has 0 aliphatic carbocycles. The lowest BCUT2D eigenvalue weighted by molar-refractivity contribution is -0.156. The summed E-state index contributed by atoms with van der Waals surface area (Å²) in [6.45, 7) is 9.56. The molecule has 0 fully saturated rings. The first kappa shape index (κ1) is 21.4. The van der Waals surface area contributed by atoms with Gasteiger partial charge in [0.2, 0.25) is 5.95 Å². The Morgan fingerprint density at radius 2 is 1.97 bits per heavy atom. The van der Waals surface area contributed by atoms with Crippen molar-refractivity contribution in [2.45, 2.75) is 52.9 Å². The van der Waals surface area contributed by atoms with Crippen LogP contribution in [-0.2, 0) is 9.53 Å². The van der Waals surface area contributed by atoms with Crippen LogP contribution in [0.25, 0.3) is 11.0 Å². The molecule has 3 heterocycles. The highest BCUT2D eigenvalue weighted by atomic mass is 16.6. The van der Waals surface area contributed by atoms with Crippen molar-refractivity contribution >= 4 is 34.6 Å². The summed E-state index contributed by atoms with van der Waals surface area (Å²) in [6, 6.07) is 3.90. The quantitative estimate of drug-likeness (QED) is 0.477. The molecule has 0 saturated carbocycles. The minimum atomic E-state index is -1.31. The van der Waals surface area contributed by atoms with Crippen molar-refractivity contribution in [1.82, 2.24) is 24.5 Å². The molecule has 160 valence electrons. The number of ether oxygens (including phenoxy) is 1. The number of fused-ring (bicyclic) bond motifs is 1. The molecular formula is C20H27N7O3. The number of imidazole rings is 1. The minimum absolute atomic E-state index is 0.0634. The van der Waals surface area contributed by atoms with Gasteiger partial charge in [0.1, 0.15) is 23.0 Å². The molecule has 3 aromatic rings. The molecule has 0 aromatic carbocycles. The number of aliphatic hydroxyl groups excluding tert-OH is 1. The zero-order chi connectivity index (χ0) is 21.8. The van der Waals surface area contributed by atoms with E-state index in [0.717, 1.165) is 16.9 Å². The van der Waals surface area contributed by atoms with Gasteiger partial charge in [-0.25, -0.2) is 19.7 Å². The van der Waals surface area contributed by atoms with E-state index < -0.39 is 12.1 Å². The van der Waals surface area contributed by atoms with E-state index in [9.17, 15) is 9.90 Å². The predicted octanol–water partition coefficient (Wildman–Crippen LogP) is 2.58. The van der Waals surface area contributed by atoms with Crippen LogP contribution in [0.3, 0.4) is 0 Å². The Bertz CT molecular complexity index is 1030. The van der Waals surface area contributed by atoms with Crippen LogP contribution in [-0.4, -0.2) is 54.3 Å². The Morgan fingerprint density at radius 1 is 1.20 bits per heavy atom. The fraction of sp³-hybridized carbons (Fsp3) is 0.450. The predicted molar refractivity (Wildman–Crippen MR) is 114 cm³/mol. The summed E-state index contributed by atoms with van der Waals surface area (Å²) in [6.07, 6.45) is 1.69. The maximum absolute atomic E-state index is 11.7. The van der Waals surface area contributed by atoms with E-state index in [1.54, 1.807) is 32.3 Å². The van der Waals surface area contributed by atoms with Gasteiger partial charge in [0.15, 0.2) is 6.10 Å². The van der Waals surface area contributed by atoms with Crippen LogP contribution >= 0.6 is 0 Å². The van der Waals surface area contributed by atoms with E-state index >= 15 is 0 Å². The first-order chi connectivity index (χ1) is 14.2. The van der Waals surface area contributed by atoms with Gasteiger partial charge in [-0.1, -0.05) is 0 Å². The number of pyridine rings is 1. The van der Waals surface area contributed by atoms with Gasteiger partial charge in [0.25, 0.3) is 0 Å². The largest absolute Gasteiger partial charge is 0.461 e. The normalized spacial score (nSPS) is 12.4. The maximum Gasteiger partial charge on any atom is 0.337 e. The zero-order valence-corrected chi connectivity index (χ0v) is 17.7. The first-order valence-electron chi connectivity index (χ1n) is 9.81. The second-order valence-electron chi connectivity index (χ2n) is 7.45. The SMILES string of the molecule is Cc1nc2cnc(Nc3ccnc(NCC(O)C(=O)OC(C)C)n3)cc2n1C(C)C. The minimum Gasteiger partial charge on any atom is -0.461 e. The van der Waals surface area contributed by atoms with Crippen molar-refractivity contribution in [3.63, 3.8) is 0 Å². The van der Waals surface area contributed by atoms with Gasteiger partial charge >= 0.3 is 5.97 Å². The lowest BCUT2D eigenvalue weighted by Gasteiger charge is -2.14. The van der Waals surface area contributed by atoms with Crippen LogP contribution in [0.1, 0.15) is 39.6 Å². The molecule has 3 aromatic heterocycles. The van der Waals surface area contributed by atoms with Gasteiger partial charge in [0.05, 0.1) is 24.4 Å². The molecule has 3 N–H and O–H groups in total. The topological polar surface area (TPSA) is 127 Å². The average Bonchev–Trinajstić information content (AvgIpc) is 3.01. The number of nitrogens with zero attached hydrogens (tertiary/aromatic N) is 5. The van der Waals surface area contributed by atoms with Gasteiger partial charge in [-0.3, -0.25) is 0 Å². The third-order valence-corrected chi connectivity index (χ3v) is 4.26. The number of aliphatic hydroxyl groups is 1. The van der Waals surface area contributed by atoms with Gasteiger partial charge < -0.3 is 25.0 Å². The number of anilines is 3. The number of rotatable bonds is 8. The van der Waals surface area contributed by atoms with E-state index in [-0.39, 0.29) is 24.6 Å². The third-order valence-electron chi connectivity index (χ3n) is 4.26. The Labute approximate surface area is 174 Å². The zero-order valence-electron chi connectivity index (χ0n) is 17.7. The summed E-state index contributed by atoms with van der Waals surface area (Å²) in [5, 5.41) is 15.9. The number of carbonyl (C=O) groups excluding carboxylic acids is 1. The fourth-order valence-corrected chi connectivity index (χ4v) is 3.07. The highest BCUT2D eigenvalue weighted by molar-refractivity contribution is 5.79. The van der Waals surface area contributed by atoms with E-state index in [2.05, 4.69) is 49.0 Å². The standard InChI is InChI=1S/C20H27N7O3/c1-11(2)27-13(5)24-14-9-22-18(8-15(14)27)25-17-6-7-21-20(26-17)23-10-16(28)19(29)30-12(3)4/h6-9,11-12,16,28H,10H2,1-5H3,(H2,21,22,23,25,26). The smallest absolute Gasteiger partial charge is 0.337 e.